The molecule has 0 amide bonds. The zero-order valence-corrected chi connectivity index (χ0v) is 35.7. The first-order valence-electron chi connectivity index (χ1n) is 22.5. The normalized spacial score (nSPS) is 10.7. The van der Waals surface area contributed by atoms with Gasteiger partial charge in [0, 0.05) is 0 Å². The van der Waals surface area contributed by atoms with Crippen LogP contribution in [-0.4, -0.2) is 37.2 Å². The van der Waals surface area contributed by atoms with Crippen molar-refractivity contribution in [1.29, 1.82) is 0 Å². The smallest absolute Gasteiger partial charge is 0.854 e. The molecule has 49 heavy (non-hydrogen) atoms. The van der Waals surface area contributed by atoms with E-state index in [-0.39, 0.29) is 37.2 Å². The van der Waals surface area contributed by atoms with Crippen LogP contribution in [0.15, 0.2) is 0 Å². The molecule has 0 aliphatic carbocycles. The third kappa shape index (κ3) is 67.1. The topological polar surface area (TPSA) is 69.2 Å². The molecular formula is C45H93AlO3. The summed E-state index contributed by atoms with van der Waals surface area (Å²) in [5.41, 5.74) is 0. The van der Waals surface area contributed by atoms with E-state index >= 15 is 0 Å². The summed E-state index contributed by atoms with van der Waals surface area (Å²) in [6.45, 7) is 7.18. The molecule has 0 heterocycles. The summed E-state index contributed by atoms with van der Waals surface area (Å²) in [4.78, 5) is 0. The summed E-state index contributed by atoms with van der Waals surface area (Å²) in [5, 5.41) is 30.6. The van der Waals surface area contributed by atoms with Gasteiger partial charge in [-0.3, -0.25) is 0 Å². The van der Waals surface area contributed by atoms with E-state index in [1.54, 1.807) is 0 Å². The van der Waals surface area contributed by atoms with E-state index in [1.165, 1.54) is 212 Å². The van der Waals surface area contributed by atoms with Gasteiger partial charge < -0.3 is 15.3 Å². The van der Waals surface area contributed by atoms with Gasteiger partial charge in [-0.2, -0.15) is 0 Å². The Kier molecular flexibility index (Phi) is 69.3. The van der Waals surface area contributed by atoms with Crippen LogP contribution in [0.2, 0.25) is 0 Å². The fraction of sp³-hybridized carbons (Fsp3) is 1.00. The monoisotopic (exact) mass is 709 g/mol. The van der Waals surface area contributed by atoms with E-state index in [4.69, 9.17) is 0 Å². The predicted octanol–water partition coefficient (Wildman–Crippen LogP) is 12.9. The van der Waals surface area contributed by atoms with Gasteiger partial charge in [-0.05, 0) is 0 Å². The minimum atomic E-state index is 0. The van der Waals surface area contributed by atoms with Crippen molar-refractivity contribution in [3.8, 4) is 0 Å². The molecule has 0 saturated carbocycles. The molecule has 0 N–H and O–H groups in total. The molecule has 0 spiro atoms. The summed E-state index contributed by atoms with van der Waals surface area (Å²) >= 11 is 0. The van der Waals surface area contributed by atoms with E-state index in [0.717, 1.165) is 38.5 Å². The largest absolute Gasteiger partial charge is 3.00 e. The van der Waals surface area contributed by atoms with Gasteiger partial charge in [0.25, 0.3) is 0 Å². The summed E-state index contributed by atoms with van der Waals surface area (Å²) in [6.07, 6.45) is 52.2. The SMILES string of the molecule is CCCCCCCCCCCCCCC[O-].CCCCCCCCCCCCCCC[O-].CCCCCCCCCCCCCCC[O-].[Al+3]. The molecule has 3 nitrogen and oxygen atoms in total. The Hall–Kier alpha value is 0.412. The Labute approximate surface area is 322 Å². The first kappa shape index (κ1) is 56.2. The predicted molar refractivity (Wildman–Crippen MR) is 217 cm³/mol. The van der Waals surface area contributed by atoms with Crippen molar-refractivity contribution in [3.05, 3.63) is 0 Å². The van der Waals surface area contributed by atoms with Gasteiger partial charge in [0.15, 0.2) is 0 Å². The van der Waals surface area contributed by atoms with Crippen molar-refractivity contribution in [1.82, 2.24) is 0 Å². The van der Waals surface area contributed by atoms with Crippen LogP contribution in [0.25, 0.3) is 0 Å². The maximum Gasteiger partial charge on any atom is 3.00 e. The fourth-order valence-corrected chi connectivity index (χ4v) is 6.36. The van der Waals surface area contributed by atoms with Crippen molar-refractivity contribution in [3.63, 3.8) is 0 Å². The minimum Gasteiger partial charge on any atom is -0.854 e. The van der Waals surface area contributed by atoms with E-state index < -0.39 is 0 Å². The van der Waals surface area contributed by atoms with Crippen LogP contribution in [0.1, 0.15) is 271 Å². The maximum absolute atomic E-state index is 10.2. The number of unbranched alkanes of at least 4 members (excludes halogenated alkanes) is 36. The Balaban J connectivity index is -0.000000307. The number of rotatable bonds is 39. The van der Waals surface area contributed by atoms with E-state index in [9.17, 15) is 15.3 Å². The Morgan fingerprint density at radius 1 is 0.184 bits per heavy atom. The molecule has 0 aromatic carbocycles. The molecule has 4 heteroatoms. The summed E-state index contributed by atoms with van der Waals surface area (Å²) in [6, 6.07) is 0. The molecule has 0 rings (SSSR count). The van der Waals surface area contributed by atoms with Gasteiger partial charge in [-0.25, -0.2) is 0 Å². The molecule has 0 atom stereocenters. The molecule has 0 radical (unpaired) electrons. The fourth-order valence-electron chi connectivity index (χ4n) is 6.36. The third-order valence-corrected chi connectivity index (χ3v) is 9.74. The van der Waals surface area contributed by atoms with Crippen molar-refractivity contribution in [2.75, 3.05) is 19.8 Å². The van der Waals surface area contributed by atoms with E-state index in [0.29, 0.717) is 0 Å². The van der Waals surface area contributed by atoms with Crippen LogP contribution in [0.3, 0.4) is 0 Å². The molecule has 294 valence electrons. The van der Waals surface area contributed by atoms with Crippen molar-refractivity contribution >= 4 is 17.4 Å². The van der Waals surface area contributed by atoms with Crippen molar-refractivity contribution in [2.24, 2.45) is 0 Å². The third-order valence-electron chi connectivity index (χ3n) is 9.74. The van der Waals surface area contributed by atoms with Crippen LogP contribution in [0, 0.1) is 0 Å². The Morgan fingerprint density at radius 3 is 0.388 bits per heavy atom. The average molecular weight is 709 g/mol. The second kappa shape index (κ2) is 60.5. The molecule has 0 bridgehead atoms. The van der Waals surface area contributed by atoms with Gasteiger partial charge in [0.1, 0.15) is 0 Å². The molecule has 0 saturated heterocycles. The first-order chi connectivity index (χ1) is 23.7. The van der Waals surface area contributed by atoms with Gasteiger partial charge in [-0.1, -0.05) is 271 Å². The molecule has 0 fully saturated rings. The summed E-state index contributed by atoms with van der Waals surface area (Å²) in [5.74, 6) is 0. The van der Waals surface area contributed by atoms with Crippen LogP contribution < -0.4 is 15.3 Å². The standard InChI is InChI=1S/3C15H31O.Al/c3*1-2-3-4-5-6-7-8-9-10-11-12-13-14-15-16;/h3*2-15H2,1H3;/q3*-1;+3. The van der Waals surface area contributed by atoms with Crippen LogP contribution in [-0.2, 0) is 0 Å². The molecule has 0 aromatic heterocycles. The number of hydrogen-bond acceptors (Lipinski definition) is 3. The second-order valence-electron chi connectivity index (χ2n) is 14.8. The zero-order valence-electron chi connectivity index (χ0n) is 34.5. The Bertz CT molecular complexity index is 368. The maximum atomic E-state index is 10.2. The van der Waals surface area contributed by atoms with Crippen LogP contribution in [0.4, 0.5) is 0 Å². The zero-order chi connectivity index (χ0) is 35.7. The average Bonchev–Trinajstić information content (AvgIpc) is 3.10. The quantitative estimate of drug-likeness (QED) is 0.0471. The van der Waals surface area contributed by atoms with Crippen LogP contribution >= 0.6 is 0 Å². The molecule has 0 unspecified atom stereocenters. The number of hydrogen-bond donors (Lipinski definition) is 0. The summed E-state index contributed by atoms with van der Waals surface area (Å²) in [7, 11) is 0. The molecular weight excluding hydrogens is 615 g/mol. The molecule has 0 aliphatic rings. The minimum absolute atomic E-state index is 0. The first-order valence-corrected chi connectivity index (χ1v) is 22.5. The van der Waals surface area contributed by atoms with E-state index in [1.807, 2.05) is 0 Å². The second-order valence-corrected chi connectivity index (χ2v) is 14.8. The van der Waals surface area contributed by atoms with Gasteiger partial charge in [0.05, 0.1) is 0 Å². The van der Waals surface area contributed by atoms with E-state index in [2.05, 4.69) is 20.8 Å². The van der Waals surface area contributed by atoms with Crippen molar-refractivity contribution in [2.45, 2.75) is 271 Å². The van der Waals surface area contributed by atoms with Gasteiger partial charge >= 0.3 is 17.4 Å². The van der Waals surface area contributed by atoms with Crippen LogP contribution in [0.5, 0.6) is 0 Å². The Morgan fingerprint density at radius 2 is 0.286 bits per heavy atom. The van der Waals surface area contributed by atoms with Gasteiger partial charge in [0.2, 0.25) is 0 Å². The summed E-state index contributed by atoms with van der Waals surface area (Å²) < 4.78 is 0. The molecule has 0 aliphatic heterocycles. The van der Waals surface area contributed by atoms with Crippen molar-refractivity contribution < 1.29 is 15.3 Å². The molecule has 0 aromatic rings. The van der Waals surface area contributed by atoms with Gasteiger partial charge in [-0.15, -0.1) is 19.8 Å².